The average Bonchev–Trinajstić information content (AvgIpc) is 2.91. The van der Waals surface area contributed by atoms with Crippen molar-refractivity contribution in [2.45, 2.75) is 12.4 Å². The van der Waals surface area contributed by atoms with E-state index in [-0.39, 0.29) is 23.0 Å². The normalized spacial score (nSPS) is 12.8. The highest BCUT2D eigenvalue weighted by molar-refractivity contribution is 5.85. The summed E-state index contributed by atoms with van der Waals surface area (Å²) in [6.07, 6.45) is -7.23. The zero-order valence-electron chi connectivity index (χ0n) is 11.6. The van der Waals surface area contributed by atoms with E-state index >= 15 is 0 Å². The fourth-order valence-electron chi connectivity index (χ4n) is 1.87. The molecule has 24 heavy (non-hydrogen) atoms. The molecule has 1 N–H and O–H groups in total. The first-order chi connectivity index (χ1) is 11.0. The van der Waals surface area contributed by atoms with Crippen LogP contribution in [0.4, 0.5) is 26.3 Å². The van der Waals surface area contributed by atoms with Crippen molar-refractivity contribution >= 4 is 12.0 Å². The second-order valence-corrected chi connectivity index (χ2v) is 4.70. The van der Waals surface area contributed by atoms with Gasteiger partial charge in [0, 0.05) is 11.6 Å². The Kier molecular flexibility index (Phi) is 4.46. The van der Waals surface area contributed by atoms with E-state index in [9.17, 15) is 31.1 Å². The molecule has 2 rings (SSSR count). The number of aliphatic carboxylic acids is 1. The van der Waals surface area contributed by atoms with Crippen molar-refractivity contribution in [3.8, 4) is 11.1 Å². The minimum absolute atomic E-state index is 0.0226. The molecule has 0 spiro atoms. The second-order valence-electron chi connectivity index (χ2n) is 4.70. The van der Waals surface area contributed by atoms with Crippen LogP contribution in [-0.4, -0.2) is 11.1 Å². The Labute approximate surface area is 130 Å². The Morgan fingerprint density at radius 3 is 1.92 bits per heavy atom. The van der Waals surface area contributed by atoms with E-state index in [4.69, 9.17) is 9.52 Å². The number of carboxylic acids is 1. The fraction of sp³-hybridized carbons (Fsp3) is 0.133. The quantitative estimate of drug-likeness (QED) is 0.620. The number of carbonyl (C=O) groups is 1. The minimum atomic E-state index is -4.95. The summed E-state index contributed by atoms with van der Waals surface area (Å²) in [4.78, 5) is 10.4. The van der Waals surface area contributed by atoms with Crippen LogP contribution in [0.2, 0.25) is 0 Å². The SMILES string of the molecule is O=C(O)C=Cc1cc(-c2cc(C(F)(F)F)cc(C(F)(F)F)c2)co1. The van der Waals surface area contributed by atoms with Crippen LogP contribution in [0.5, 0.6) is 0 Å². The molecule has 0 radical (unpaired) electrons. The van der Waals surface area contributed by atoms with Crippen molar-refractivity contribution in [3.63, 3.8) is 0 Å². The van der Waals surface area contributed by atoms with Crippen molar-refractivity contribution in [3.05, 3.63) is 53.5 Å². The third-order valence-corrected chi connectivity index (χ3v) is 2.93. The van der Waals surface area contributed by atoms with Gasteiger partial charge in [0.2, 0.25) is 0 Å². The first-order valence-corrected chi connectivity index (χ1v) is 6.26. The Balaban J connectivity index is 2.52. The van der Waals surface area contributed by atoms with E-state index in [0.717, 1.165) is 24.5 Å². The third kappa shape index (κ3) is 4.18. The number of hydrogen-bond acceptors (Lipinski definition) is 2. The van der Waals surface area contributed by atoms with E-state index in [2.05, 4.69) is 0 Å². The Bertz CT molecular complexity index is 751. The number of benzene rings is 1. The highest BCUT2D eigenvalue weighted by atomic mass is 19.4. The van der Waals surface area contributed by atoms with Gasteiger partial charge < -0.3 is 9.52 Å². The molecule has 0 bridgehead atoms. The lowest BCUT2D eigenvalue weighted by Gasteiger charge is -2.13. The summed E-state index contributed by atoms with van der Waals surface area (Å²) in [5.41, 5.74) is -3.29. The van der Waals surface area contributed by atoms with Crippen molar-refractivity contribution in [1.29, 1.82) is 0 Å². The predicted octanol–water partition coefficient (Wildman–Crippen LogP) is 5.08. The van der Waals surface area contributed by atoms with Gasteiger partial charge in [0.1, 0.15) is 5.76 Å². The molecule has 0 aliphatic rings. The molecule has 128 valence electrons. The molecule has 9 heteroatoms. The maximum Gasteiger partial charge on any atom is 0.416 e. The summed E-state index contributed by atoms with van der Waals surface area (Å²) in [5.74, 6) is -1.32. The highest BCUT2D eigenvalue weighted by Gasteiger charge is 2.37. The van der Waals surface area contributed by atoms with E-state index in [1.807, 2.05) is 0 Å². The van der Waals surface area contributed by atoms with Gasteiger partial charge in [0.05, 0.1) is 17.4 Å². The van der Waals surface area contributed by atoms with E-state index < -0.39 is 29.4 Å². The van der Waals surface area contributed by atoms with Crippen molar-refractivity contribution in [1.82, 2.24) is 0 Å². The standard InChI is InChI=1S/C15H8F6O3/c16-14(17,18)10-3-8(4-11(6-10)15(19,20)21)9-5-12(24-7-9)1-2-13(22)23/h1-7H,(H,22,23). The van der Waals surface area contributed by atoms with Gasteiger partial charge in [-0.2, -0.15) is 26.3 Å². The van der Waals surface area contributed by atoms with Gasteiger partial charge in [-0.15, -0.1) is 0 Å². The first kappa shape index (κ1) is 17.6. The minimum Gasteiger partial charge on any atom is -0.478 e. The van der Waals surface area contributed by atoms with Gasteiger partial charge in [-0.3, -0.25) is 0 Å². The Morgan fingerprint density at radius 1 is 0.917 bits per heavy atom. The topological polar surface area (TPSA) is 50.4 Å². The van der Waals surface area contributed by atoms with Crippen LogP contribution < -0.4 is 0 Å². The fourth-order valence-corrected chi connectivity index (χ4v) is 1.87. The number of hydrogen-bond donors (Lipinski definition) is 1. The molecule has 2 aromatic rings. The van der Waals surface area contributed by atoms with Crippen molar-refractivity contribution < 1.29 is 40.7 Å². The Morgan fingerprint density at radius 2 is 1.46 bits per heavy atom. The zero-order valence-corrected chi connectivity index (χ0v) is 11.6. The van der Waals surface area contributed by atoms with Gasteiger partial charge in [-0.25, -0.2) is 4.79 Å². The summed E-state index contributed by atoms with van der Waals surface area (Å²) in [5, 5.41) is 8.47. The molecule has 0 unspecified atom stereocenters. The lowest BCUT2D eigenvalue weighted by atomic mass is 10.0. The first-order valence-electron chi connectivity index (χ1n) is 6.26. The molecular weight excluding hydrogens is 342 g/mol. The van der Waals surface area contributed by atoms with Crippen molar-refractivity contribution in [2.24, 2.45) is 0 Å². The van der Waals surface area contributed by atoms with Gasteiger partial charge in [0.15, 0.2) is 0 Å². The van der Waals surface area contributed by atoms with Crippen LogP contribution in [-0.2, 0) is 17.1 Å². The second kappa shape index (κ2) is 6.06. The largest absolute Gasteiger partial charge is 0.478 e. The molecular formula is C15H8F6O3. The molecule has 0 saturated carbocycles. The van der Waals surface area contributed by atoms with E-state index in [0.29, 0.717) is 12.1 Å². The summed E-state index contributed by atoms with van der Waals surface area (Å²) < 4.78 is 81.7. The van der Waals surface area contributed by atoms with Crippen LogP contribution in [0.3, 0.4) is 0 Å². The average molecular weight is 350 g/mol. The molecule has 0 fully saturated rings. The maximum atomic E-state index is 12.8. The van der Waals surface area contributed by atoms with Gasteiger partial charge >= 0.3 is 18.3 Å². The molecule has 0 amide bonds. The summed E-state index contributed by atoms with van der Waals surface area (Å²) in [7, 11) is 0. The monoisotopic (exact) mass is 350 g/mol. The smallest absolute Gasteiger partial charge is 0.416 e. The molecule has 0 atom stereocenters. The van der Waals surface area contributed by atoms with Gasteiger partial charge in [-0.1, -0.05) is 0 Å². The molecule has 1 heterocycles. The number of rotatable bonds is 3. The van der Waals surface area contributed by atoms with Crippen LogP contribution in [0.25, 0.3) is 17.2 Å². The molecule has 1 aromatic carbocycles. The number of furan rings is 1. The lowest BCUT2D eigenvalue weighted by molar-refractivity contribution is -0.143. The molecule has 1 aromatic heterocycles. The van der Waals surface area contributed by atoms with Gasteiger partial charge in [-0.05, 0) is 35.9 Å². The summed E-state index contributed by atoms with van der Waals surface area (Å²) in [6.45, 7) is 0. The number of halogens is 6. The maximum absolute atomic E-state index is 12.8. The third-order valence-electron chi connectivity index (χ3n) is 2.93. The highest BCUT2D eigenvalue weighted by Crippen LogP contribution is 2.38. The number of alkyl halides is 6. The summed E-state index contributed by atoms with van der Waals surface area (Å²) >= 11 is 0. The van der Waals surface area contributed by atoms with E-state index in [1.54, 1.807) is 0 Å². The van der Waals surface area contributed by atoms with E-state index in [1.165, 1.54) is 0 Å². The molecule has 0 aliphatic carbocycles. The van der Waals surface area contributed by atoms with Crippen LogP contribution in [0, 0.1) is 0 Å². The van der Waals surface area contributed by atoms with Gasteiger partial charge in [0.25, 0.3) is 0 Å². The lowest BCUT2D eigenvalue weighted by Crippen LogP contribution is -2.11. The molecule has 0 aliphatic heterocycles. The predicted molar refractivity (Wildman–Crippen MR) is 70.8 cm³/mol. The van der Waals surface area contributed by atoms with Crippen LogP contribution in [0.1, 0.15) is 16.9 Å². The Hall–Kier alpha value is -2.71. The van der Waals surface area contributed by atoms with Crippen LogP contribution in [0.15, 0.2) is 41.0 Å². The number of carboxylic acid groups (broad SMARTS) is 1. The molecule has 0 saturated heterocycles. The van der Waals surface area contributed by atoms with Crippen LogP contribution >= 0.6 is 0 Å². The summed E-state index contributed by atoms with van der Waals surface area (Å²) in [6, 6.07) is 2.28. The molecule has 3 nitrogen and oxygen atoms in total. The zero-order chi connectivity index (χ0) is 18.1. The van der Waals surface area contributed by atoms with Crippen molar-refractivity contribution in [2.75, 3.05) is 0 Å².